The van der Waals surface area contributed by atoms with Gasteiger partial charge in [0.05, 0.1) is 12.6 Å². The van der Waals surface area contributed by atoms with E-state index in [4.69, 9.17) is 9.94 Å². The maximum Gasteiger partial charge on any atom is 0.354 e. The van der Waals surface area contributed by atoms with Gasteiger partial charge in [-0.1, -0.05) is 0 Å². The first-order valence-corrected chi connectivity index (χ1v) is 9.64. The monoisotopic (exact) mass is 418 g/mol. The van der Waals surface area contributed by atoms with Crippen LogP contribution in [-0.2, 0) is 9.63 Å². The Balaban J connectivity index is 1.42. The highest BCUT2D eigenvalue weighted by Crippen LogP contribution is 2.34. The fourth-order valence-corrected chi connectivity index (χ4v) is 3.93. The quantitative estimate of drug-likeness (QED) is 0.815. The van der Waals surface area contributed by atoms with Gasteiger partial charge in [-0.15, -0.1) is 0 Å². The molecule has 0 radical (unpaired) electrons. The molecule has 0 aliphatic carbocycles. The molecule has 1 atom stereocenters. The predicted molar refractivity (Wildman–Crippen MR) is 100 cm³/mol. The van der Waals surface area contributed by atoms with Crippen molar-refractivity contribution in [2.24, 2.45) is 5.92 Å². The molecule has 2 fully saturated rings. The van der Waals surface area contributed by atoms with E-state index in [0.717, 1.165) is 6.07 Å². The first-order valence-electron chi connectivity index (χ1n) is 9.64. The molecule has 0 saturated carbocycles. The minimum Gasteiger partial charge on any atom is -0.477 e. The zero-order valence-electron chi connectivity index (χ0n) is 16.0. The van der Waals surface area contributed by atoms with E-state index in [9.17, 15) is 18.4 Å². The largest absolute Gasteiger partial charge is 0.477 e. The van der Waals surface area contributed by atoms with Gasteiger partial charge in [0.25, 0.3) is 0 Å². The van der Waals surface area contributed by atoms with E-state index in [2.05, 4.69) is 9.97 Å². The molecule has 2 saturated heterocycles. The summed E-state index contributed by atoms with van der Waals surface area (Å²) in [5.41, 5.74) is 0.284. The van der Waals surface area contributed by atoms with Crippen molar-refractivity contribution < 1.29 is 28.3 Å². The van der Waals surface area contributed by atoms with Crippen molar-refractivity contribution >= 4 is 17.7 Å². The summed E-state index contributed by atoms with van der Waals surface area (Å²) in [4.78, 5) is 39.4. The van der Waals surface area contributed by atoms with E-state index < -0.39 is 23.6 Å². The van der Waals surface area contributed by atoms with Crippen LogP contribution in [0.2, 0.25) is 0 Å². The molecule has 2 aliphatic rings. The van der Waals surface area contributed by atoms with Gasteiger partial charge in [0.1, 0.15) is 23.8 Å². The standard InChI is InChI=1S/C20H20F2N4O4/c21-14-7-13(8-15(22)9-14)17-3-6-30-26(17)19(27)12-1-4-25(5-2-12)18-10-16(20(28)29)23-11-24-18/h7-12,17H,1-6H2,(H,28,29)/t17-/m0/s1. The molecule has 2 aliphatic heterocycles. The molecule has 0 bridgehead atoms. The van der Waals surface area contributed by atoms with Crippen molar-refractivity contribution in [3.8, 4) is 0 Å². The van der Waals surface area contributed by atoms with Gasteiger partial charge in [0, 0.05) is 37.6 Å². The van der Waals surface area contributed by atoms with E-state index in [1.54, 1.807) is 0 Å². The molecule has 30 heavy (non-hydrogen) atoms. The van der Waals surface area contributed by atoms with Crippen LogP contribution in [0.15, 0.2) is 30.6 Å². The lowest BCUT2D eigenvalue weighted by Gasteiger charge is -2.34. The lowest BCUT2D eigenvalue weighted by Crippen LogP contribution is -2.42. The normalized spacial score (nSPS) is 19.9. The summed E-state index contributed by atoms with van der Waals surface area (Å²) in [5, 5.41) is 10.3. The number of halogens is 2. The number of hydroxylamine groups is 2. The molecule has 0 spiro atoms. The smallest absolute Gasteiger partial charge is 0.354 e. The first kappa shape index (κ1) is 20.1. The summed E-state index contributed by atoms with van der Waals surface area (Å²) in [5.74, 6) is -2.53. The Hall–Kier alpha value is -3.14. The van der Waals surface area contributed by atoms with Crippen LogP contribution < -0.4 is 4.90 Å². The van der Waals surface area contributed by atoms with Gasteiger partial charge in [-0.25, -0.2) is 28.6 Å². The molecule has 0 unspecified atom stereocenters. The maximum atomic E-state index is 13.6. The molecule has 3 heterocycles. The third-order valence-electron chi connectivity index (χ3n) is 5.43. The number of benzene rings is 1. The number of amides is 1. The van der Waals surface area contributed by atoms with Crippen LogP contribution in [0.4, 0.5) is 14.6 Å². The van der Waals surface area contributed by atoms with Crippen LogP contribution in [0.3, 0.4) is 0 Å². The van der Waals surface area contributed by atoms with Crippen LogP contribution >= 0.6 is 0 Å². The molecule has 4 rings (SSSR count). The van der Waals surface area contributed by atoms with E-state index in [1.807, 2.05) is 4.90 Å². The summed E-state index contributed by atoms with van der Waals surface area (Å²) in [7, 11) is 0. The van der Waals surface area contributed by atoms with Crippen LogP contribution in [0.1, 0.15) is 41.4 Å². The summed E-state index contributed by atoms with van der Waals surface area (Å²) in [6.45, 7) is 1.32. The molecule has 1 N–H and O–H groups in total. The van der Waals surface area contributed by atoms with Crippen molar-refractivity contribution in [1.82, 2.24) is 15.0 Å². The summed E-state index contributed by atoms with van der Waals surface area (Å²) in [6.07, 6.45) is 2.72. The van der Waals surface area contributed by atoms with Crippen LogP contribution in [-0.4, -0.2) is 51.7 Å². The average molecular weight is 418 g/mol. The molecule has 10 heteroatoms. The maximum absolute atomic E-state index is 13.6. The molecule has 8 nitrogen and oxygen atoms in total. The zero-order chi connectivity index (χ0) is 21.3. The third kappa shape index (κ3) is 4.09. The second-order valence-corrected chi connectivity index (χ2v) is 7.33. The van der Waals surface area contributed by atoms with E-state index in [0.29, 0.717) is 50.3 Å². The summed E-state index contributed by atoms with van der Waals surface area (Å²) in [6, 6.07) is 4.12. The fraction of sp³-hybridized carbons (Fsp3) is 0.400. The van der Waals surface area contributed by atoms with Gasteiger partial charge in [-0.05, 0) is 30.5 Å². The number of carbonyl (C=O) groups is 2. The van der Waals surface area contributed by atoms with Gasteiger partial charge in [0.2, 0.25) is 5.91 Å². The number of aromatic carboxylic acids is 1. The Morgan fingerprint density at radius 3 is 2.40 bits per heavy atom. The van der Waals surface area contributed by atoms with E-state index in [-0.39, 0.29) is 17.5 Å². The number of hydrogen-bond acceptors (Lipinski definition) is 6. The second kappa shape index (κ2) is 8.31. The van der Waals surface area contributed by atoms with Gasteiger partial charge in [-0.2, -0.15) is 0 Å². The number of carbonyl (C=O) groups excluding carboxylic acids is 1. The fourth-order valence-electron chi connectivity index (χ4n) is 3.93. The Labute approximate surface area is 171 Å². The average Bonchev–Trinajstić information content (AvgIpc) is 3.23. The Morgan fingerprint density at radius 2 is 1.73 bits per heavy atom. The topological polar surface area (TPSA) is 95.9 Å². The third-order valence-corrected chi connectivity index (χ3v) is 5.43. The van der Waals surface area contributed by atoms with Crippen molar-refractivity contribution in [2.75, 3.05) is 24.6 Å². The van der Waals surface area contributed by atoms with E-state index >= 15 is 0 Å². The first-order chi connectivity index (χ1) is 14.4. The number of aromatic nitrogens is 2. The number of rotatable bonds is 4. The van der Waals surface area contributed by atoms with Gasteiger partial charge >= 0.3 is 5.97 Å². The van der Waals surface area contributed by atoms with Gasteiger partial charge < -0.3 is 10.0 Å². The molecule has 1 amide bonds. The highest BCUT2D eigenvalue weighted by molar-refractivity contribution is 5.86. The minimum absolute atomic E-state index is 0.0890. The number of carboxylic acids is 1. The predicted octanol–water partition coefficient (Wildman–Crippen LogP) is 2.57. The van der Waals surface area contributed by atoms with E-state index in [1.165, 1.54) is 29.6 Å². The lowest BCUT2D eigenvalue weighted by atomic mass is 9.94. The Morgan fingerprint density at radius 1 is 1.03 bits per heavy atom. The summed E-state index contributed by atoms with van der Waals surface area (Å²) >= 11 is 0. The van der Waals surface area contributed by atoms with Crippen LogP contribution in [0.25, 0.3) is 0 Å². The molecule has 1 aromatic carbocycles. The molecule has 158 valence electrons. The van der Waals surface area contributed by atoms with Crippen molar-refractivity contribution in [3.63, 3.8) is 0 Å². The van der Waals surface area contributed by atoms with Crippen LogP contribution in [0.5, 0.6) is 0 Å². The van der Waals surface area contributed by atoms with Gasteiger partial charge in [0.15, 0.2) is 5.69 Å². The van der Waals surface area contributed by atoms with Crippen molar-refractivity contribution in [3.05, 3.63) is 53.5 Å². The molecule has 2 aromatic rings. The van der Waals surface area contributed by atoms with Crippen LogP contribution in [0, 0.1) is 17.6 Å². The minimum atomic E-state index is -1.13. The molecule has 1 aromatic heterocycles. The highest BCUT2D eigenvalue weighted by Gasteiger charge is 2.37. The number of hydrogen-bond donors (Lipinski definition) is 1. The second-order valence-electron chi connectivity index (χ2n) is 7.33. The molecular weight excluding hydrogens is 398 g/mol. The number of anilines is 1. The lowest BCUT2D eigenvalue weighted by molar-refractivity contribution is -0.182. The number of nitrogens with zero attached hydrogens (tertiary/aromatic N) is 4. The Kier molecular flexibility index (Phi) is 5.58. The van der Waals surface area contributed by atoms with Crippen molar-refractivity contribution in [1.29, 1.82) is 0 Å². The number of carboxylic acid groups (broad SMARTS) is 1. The SMILES string of the molecule is O=C(O)c1cc(N2CCC(C(=O)N3OCC[C@H]3c3cc(F)cc(F)c3)CC2)ncn1. The van der Waals surface area contributed by atoms with Gasteiger partial charge in [-0.3, -0.25) is 9.63 Å². The Bertz CT molecular complexity index is 945. The number of piperidine rings is 1. The highest BCUT2D eigenvalue weighted by atomic mass is 19.1. The zero-order valence-corrected chi connectivity index (χ0v) is 16.0. The molecular formula is C20H20F2N4O4. The summed E-state index contributed by atoms with van der Waals surface area (Å²) < 4.78 is 27.2. The van der Waals surface area contributed by atoms with Crippen molar-refractivity contribution in [2.45, 2.75) is 25.3 Å².